The number of hydrogen-bond acceptors (Lipinski definition) is 5. The zero-order valence-electron chi connectivity index (χ0n) is 20.3. The van der Waals surface area contributed by atoms with Crippen LogP contribution in [0, 0.1) is 0 Å². The van der Waals surface area contributed by atoms with E-state index in [1.165, 1.54) is 18.2 Å². The van der Waals surface area contributed by atoms with Crippen LogP contribution in [0.25, 0.3) is 16.9 Å². The molecule has 1 amide bonds. The molecule has 1 heterocycles. The van der Waals surface area contributed by atoms with Crippen molar-refractivity contribution >= 4 is 17.6 Å². The van der Waals surface area contributed by atoms with Crippen LogP contribution in [0.2, 0.25) is 0 Å². The van der Waals surface area contributed by atoms with E-state index in [1.807, 2.05) is 41.1 Å². The number of rotatable bonds is 7. The van der Waals surface area contributed by atoms with Gasteiger partial charge in [-0.3, -0.25) is 4.79 Å². The molecular formula is C29H27N3O4. The summed E-state index contributed by atoms with van der Waals surface area (Å²) in [6.07, 6.45) is 2.44. The van der Waals surface area contributed by atoms with Crippen LogP contribution < -0.4 is 10.1 Å². The van der Waals surface area contributed by atoms with Crippen LogP contribution in [-0.4, -0.2) is 35.9 Å². The number of fused-ring (bicyclic) bond motifs is 3. The van der Waals surface area contributed by atoms with Gasteiger partial charge in [0.05, 0.1) is 42.5 Å². The maximum atomic E-state index is 12.9. The van der Waals surface area contributed by atoms with Crippen molar-refractivity contribution in [3.05, 3.63) is 95.2 Å². The van der Waals surface area contributed by atoms with Crippen molar-refractivity contribution in [2.45, 2.75) is 25.7 Å². The van der Waals surface area contributed by atoms with Crippen molar-refractivity contribution in [2.75, 3.05) is 19.5 Å². The summed E-state index contributed by atoms with van der Waals surface area (Å²) in [6, 6.07) is 23.0. The number of para-hydroxylation sites is 2. The number of benzene rings is 3. The average molecular weight is 482 g/mol. The monoisotopic (exact) mass is 481 g/mol. The molecule has 7 heteroatoms. The van der Waals surface area contributed by atoms with Crippen molar-refractivity contribution in [3.8, 4) is 22.7 Å². The molecule has 4 aromatic rings. The number of nitrogens with zero attached hydrogens (tertiary/aromatic N) is 2. The van der Waals surface area contributed by atoms with Crippen LogP contribution in [0.4, 0.5) is 5.69 Å². The second kappa shape index (κ2) is 10.1. The Morgan fingerprint density at radius 3 is 2.53 bits per heavy atom. The van der Waals surface area contributed by atoms with E-state index in [9.17, 15) is 9.59 Å². The van der Waals surface area contributed by atoms with Crippen molar-refractivity contribution in [1.82, 2.24) is 9.78 Å². The molecule has 7 nitrogen and oxygen atoms in total. The summed E-state index contributed by atoms with van der Waals surface area (Å²) >= 11 is 0. The van der Waals surface area contributed by atoms with Gasteiger partial charge in [-0.15, -0.1) is 0 Å². The Morgan fingerprint density at radius 1 is 0.972 bits per heavy atom. The van der Waals surface area contributed by atoms with Crippen molar-refractivity contribution < 1.29 is 19.1 Å². The standard InChI is InChI=1S/C29H27N3O4/c1-35-21-13-15-22-19(18-21)12-14-23-26(31-32(28(22)23)20-8-4-3-5-9-20)16-17-27(33)30-25-11-7-6-10-24(25)29(34)36-2/h3-11,13,15,18H,12,14,16-17H2,1-2H3,(H,30,33). The van der Waals surface area contributed by atoms with Gasteiger partial charge in [0.1, 0.15) is 5.75 Å². The van der Waals surface area contributed by atoms with E-state index >= 15 is 0 Å². The minimum Gasteiger partial charge on any atom is -0.497 e. The molecule has 0 saturated carbocycles. The highest BCUT2D eigenvalue weighted by Gasteiger charge is 2.26. The Morgan fingerprint density at radius 2 is 1.75 bits per heavy atom. The highest BCUT2D eigenvalue weighted by atomic mass is 16.5. The Balaban J connectivity index is 1.44. The fourth-order valence-electron chi connectivity index (χ4n) is 4.71. The lowest BCUT2D eigenvalue weighted by atomic mass is 9.88. The summed E-state index contributed by atoms with van der Waals surface area (Å²) in [4.78, 5) is 24.9. The first-order valence-electron chi connectivity index (χ1n) is 11.9. The summed E-state index contributed by atoms with van der Waals surface area (Å²) in [5.41, 5.74) is 7.24. The molecule has 0 spiro atoms. The van der Waals surface area contributed by atoms with Gasteiger partial charge < -0.3 is 14.8 Å². The first-order valence-corrected chi connectivity index (χ1v) is 11.9. The highest BCUT2D eigenvalue weighted by molar-refractivity contribution is 6.01. The number of carbonyl (C=O) groups is 2. The lowest BCUT2D eigenvalue weighted by molar-refractivity contribution is -0.116. The molecule has 0 aliphatic heterocycles. The number of ether oxygens (including phenoxy) is 2. The number of esters is 1. The molecule has 1 aromatic heterocycles. The molecule has 0 fully saturated rings. The van der Waals surface area contributed by atoms with Crippen LogP contribution in [-0.2, 0) is 28.8 Å². The van der Waals surface area contributed by atoms with Crippen molar-refractivity contribution in [2.24, 2.45) is 0 Å². The third kappa shape index (κ3) is 4.47. The normalized spacial score (nSPS) is 11.8. The van der Waals surface area contributed by atoms with Gasteiger partial charge in [0.2, 0.25) is 5.91 Å². The molecule has 3 aromatic carbocycles. The Bertz CT molecular complexity index is 1430. The molecular weight excluding hydrogens is 454 g/mol. The predicted octanol–water partition coefficient (Wildman–Crippen LogP) is 5.00. The van der Waals surface area contributed by atoms with Gasteiger partial charge in [-0.2, -0.15) is 5.10 Å². The molecule has 0 radical (unpaired) electrons. The molecule has 0 unspecified atom stereocenters. The van der Waals surface area contributed by atoms with Gasteiger partial charge in [-0.05, 0) is 60.9 Å². The molecule has 5 rings (SSSR count). The first kappa shape index (κ1) is 23.4. The SMILES string of the molecule is COC(=O)c1ccccc1NC(=O)CCc1nn(-c2ccccc2)c2c1CCc1cc(OC)ccc1-2. The van der Waals surface area contributed by atoms with Crippen LogP contribution in [0.5, 0.6) is 5.75 Å². The topological polar surface area (TPSA) is 82.5 Å². The molecule has 1 aliphatic carbocycles. The maximum absolute atomic E-state index is 12.9. The minimum atomic E-state index is -0.489. The fraction of sp³-hybridized carbons (Fsp3) is 0.207. The second-order valence-corrected chi connectivity index (χ2v) is 8.63. The summed E-state index contributed by atoms with van der Waals surface area (Å²) < 4.78 is 12.2. The van der Waals surface area contributed by atoms with E-state index in [4.69, 9.17) is 14.6 Å². The largest absolute Gasteiger partial charge is 0.497 e. The van der Waals surface area contributed by atoms with E-state index in [0.29, 0.717) is 17.7 Å². The summed E-state index contributed by atoms with van der Waals surface area (Å²) in [7, 11) is 3.00. The zero-order valence-corrected chi connectivity index (χ0v) is 20.3. The molecule has 0 atom stereocenters. The minimum absolute atomic E-state index is 0.185. The van der Waals surface area contributed by atoms with Crippen LogP contribution in [0.15, 0.2) is 72.8 Å². The van der Waals surface area contributed by atoms with E-state index in [2.05, 4.69) is 17.4 Å². The second-order valence-electron chi connectivity index (χ2n) is 8.63. The third-order valence-corrected chi connectivity index (χ3v) is 6.47. The Kier molecular flexibility index (Phi) is 6.54. The zero-order chi connectivity index (χ0) is 25.1. The van der Waals surface area contributed by atoms with Gasteiger partial charge in [-0.25, -0.2) is 9.48 Å². The average Bonchev–Trinajstić information content (AvgIpc) is 3.31. The fourth-order valence-corrected chi connectivity index (χ4v) is 4.71. The maximum Gasteiger partial charge on any atom is 0.339 e. The molecule has 0 bridgehead atoms. The van der Waals surface area contributed by atoms with Crippen LogP contribution in [0.1, 0.15) is 33.6 Å². The Labute approximate surface area is 209 Å². The Hall–Kier alpha value is -4.39. The molecule has 182 valence electrons. The van der Waals surface area contributed by atoms with Gasteiger partial charge >= 0.3 is 5.97 Å². The number of aryl methyl sites for hydroxylation is 2. The number of aromatic nitrogens is 2. The summed E-state index contributed by atoms with van der Waals surface area (Å²) in [5.74, 6) is 0.166. The molecule has 36 heavy (non-hydrogen) atoms. The van der Waals surface area contributed by atoms with E-state index in [-0.39, 0.29) is 12.3 Å². The van der Waals surface area contributed by atoms with Gasteiger partial charge in [0.25, 0.3) is 0 Å². The number of carbonyl (C=O) groups excluding carboxylic acids is 2. The summed E-state index contributed by atoms with van der Waals surface area (Å²) in [5, 5.41) is 7.83. The molecule has 0 saturated heterocycles. The highest BCUT2D eigenvalue weighted by Crippen LogP contribution is 2.38. The first-order chi connectivity index (χ1) is 17.6. The number of nitrogens with one attached hydrogen (secondary N) is 1. The van der Waals surface area contributed by atoms with Crippen molar-refractivity contribution in [1.29, 1.82) is 0 Å². The lowest BCUT2D eigenvalue weighted by Crippen LogP contribution is -2.16. The van der Waals surface area contributed by atoms with Gasteiger partial charge in [-0.1, -0.05) is 30.3 Å². The lowest BCUT2D eigenvalue weighted by Gasteiger charge is -2.19. The number of hydrogen-bond donors (Lipinski definition) is 1. The number of anilines is 1. The predicted molar refractivity (Wildman–Crippen MR) is 138 cm³/mol. The quantitative estimate of drug-likeness (QED) is 0.376. The van der Waals surface area contributed by atoms with Crippen LogP contribution >= 0.6 is 0 Å². The molecule has 1 N–H and O–H groups in total. The number of amides is 1. The summed E-state index contributed by atoms with van der Waals surface area (Å²) in [6.45, 7) is 0. The van der Waals surface area contributed by atoms with E-state index < -0.39 is 5.97 Å². The van der Waals surface area contributed by atoms with E-state index in [1.54, 1.807) is 31.4 Å². The molecule has 1 aliphatic rings. The van der Waals surface area contributed by atoms with Gasteiger partial charge in [0, 0.05) is 24.0 Å². The van der Waals surface area contributed by atoms with Crippen molar-refractivity contribution in [3.63, 3.8) is 0 Å². The van der Waals surface area contributed by atoms with Crippen LogP contribution in [0.3, 0.4) is 0 Å². The smallest absolute Gasteiger partial charge is 0.339 e. The number of methoxy groups -OCH3 is 2. The third-order valence-electron chi connectivity index (χ3n) is 6.47. The van der Waals surface area contributed by atoms with E-state index in [0.717, 1.165) is 41.2 Å². The van der Waals surface area contributed by atoms with Gasteiger partial charge in [0.15, 0.2) is 0 Å².